The highest BCUT2D eigenvalue weighted by Crippen LogP contribution is 2.43. The van der Waals surface area contributed by atoms with Gasteiger partial charge in [-0.05, 0) is 47.9 Å². The molecule has 216 valence electrons. The smallest absolute Gasteiger partial charge is 0.330 e. The summed E-state index contributed by atoms with van der Waals surface area (Å²) in [5.74, 6) is 0.257. The molecule has 1 aromatic heterocycles. The molecule has 0 spiro atoms. The molecule has 4 atom stereocenters. The number of aromatic amines is 1. The van der Waals surface area contributed by atoms with Crippen LogP contribution in [0.5, 0.6) is 11.5 Å². The molecule has 10 nitrogen and oxygen atoms in total. The molecule has 1 saturated heterocycles. The molecular formula is C32H31N3O7. The molecule has 5 rings (SSSR count). The van der Waals surface area contributed by atoms with E-state index in [0.717, 1.165) is 21.3 Å². The van der Waals surface area contributed by atoms with Crippen molar-refractivity contribution in [2.75, 3.05) is 20.8 Å². The third-order valence-electron chi connectivity index (χ3n) is 7.58. The fourth-order valence-corrected chi connectivity index (χ4v) is 5.32. The third kappa shape index (κ3) is 5.21. The molecule has 1 aliphatic rings. The maximum atomic E-state index is 12.6. The van der Waals surface area contributed by atoms with E-state index in [2.05, 4.69) is 11.1 Å². The SMILES string of the molecule is COc1ccc(C(OC[C@H]2O[C@@H](n3cc(C)c(=O)[nH]c3=O)[C@@H](C#N)[C@@H]2O)(c2ccccc2)c2ccc(OC)cc2)cc1. The number of nitriles is 1. The number of benzene rings is 3. The minimum Gasteiger partial charge on any atom is -0.497 e. The lowest BCUT2D eigenvalue weighted by Gasteiger charge is -2.37. The summed E-state index contributed by atoms with van der Waals surface area (Å²) in [7, 11) is 3.19. The minimum absolute atomic E-state index is 0.139. The van der Waals surface area contributed by atoms with E-state index in [1.54, 1.807) is 21.1 Å². The molecule has 4 aromatic rings. The first-order valence-corrected chi connectivity index (χ1v) is 13.4. The van der Waals surface area contributed by atoms with Gasteiger partial charge >= 0.3 is 5.69 Å². The quantitative estimate of drug-likeness (QED) is 0.293. The normalized spacial score (nSPS) is 20.2. The Balaban J connectivity index is 1.58. The van der Waals surface area contributed by atoms with Gasteiger partial charge in [-0.15, -0.1) is 0 Å². The molecule has 2 N–H and O–H groups in total. The van der Waals surface area contributed by atoms with E-state index in [1.165, 1.54) is 6.20 Å². The molecule has 0 radical (unpaired) electrons. The number of methoxy groups -OCH3 is 2. The molecule has 42 heavy (non-hydrogen) atoms. The van der Waals surface area contributed by atoms with Crippen LogP contribution in [0, 0.1) is 24.2 Å². The highest BCUT2D eigenvalue weighted by Gasteiger charge is 2.47. The lowest BCUT2D eigenvalue weighted by molar-refractivity contribution is -0.0947. The number of ether oxygens (including phenoxy) is 4. The maximum Gasteiger partial charge on any atom is 0.330 e. The van der Waals surface area contributed by atoms with Crippen LogP contribution in [0.15, 0.2) is 94.6 Å². The van der Waals surface area contributed by atoms with E-state index in [1.807, 2.05) is 78.9 Å². The van der Waals surface area contributed by atoms with Crippen LogP contribution in [-0.2, 0) is 15.1 Å². The van der Waals surface area contributed by atoms with E-state index in [-0.39, 0.29) is 12.2 Å². The highest BCUT2D eigenvalue weighted by atomic mass is 16.6. The fraction of sp³-hybridized carbons (Fsp3) is 0.281. The number of hydrogen-bond acceptors (Lipinski definition) is 8. The van der Waals surface area contributed by atoms with Crippen LogP contribution in [0.4, 0.5) is 0 Å². The van der Waals surface area contributed by atoms with Crippen molar-refractivity contribution >= 4 is 0 Å². The Morgan fingerprint density at radius 1 is 0.929 bits per heavy atom. The zero-order valence-corrected chi connectivity index (χ0v) is 23.4. The summed E-state index contributed by atoms with van der Waals surface area (Å²) >= 11 is 0. The number of H-pyrrole nitrogens is 1. The number of aliphatic hydroxyl groups excluding tert-OH is 1. The molecule has 2 heterocycles. The minimum atomic E-state index is -1.28. The van der Waals surface area contributed by atoms with Crippen LogP contribution in [0.2, 0.25) is 0 Å². The van der Waals surface area contributed by atoms with Gasteiger partial charge in [0.15, 0.2) is 6.23 Å². The van der Waals surface area contributed by atoms with Gasteiger partial charge in [0.2, 0.25) is 0 Å². The number of aromatic nitrogens is 2. The van der Waals surface area contributed by atoms with Gasteiger partial charge in [-0.25, -0.2) is 4.79 Å². The number of aryl methyl sites for hydroxylation is 1. The van der Waals surface area contributed by atoms with Gasteiger partial charge in [0.05, 0.1) is 26.9 Å². The van der Waals surface area contributed by atoms with Gasteiger partial charge in [-0.2, -0.15) is 5.26 Å². The van der Waals surface area contributed by atoms with E-state index < -0.39 is 41.2 Å². The average Bonchev–Trinajstić information content (AvgIpc) is 3.34. The van der Waals surface area contributed by atoms with Gasteiger partial charge < -0.3 is 24.1 Å². The van der Waals surface area contributed by atoms with E-state index in [9.17, 15) is 20.0 Å². The Bertz CT molecular complexity index is 1630. The highest BCUT2D eigenvalue weighted by molar-refractivity contribution is 5.49. The second-order valence-corrected chi connectivity index (χ2v) is 10.0. The van der Waals surface area contributed by atoms with Crippen molar-refractivity contribution in [2.45, 2.75) is 31.0 Å². The summed E-state index contributed by atoms with van der Waals surface area (Å²) in [5.41, 5.74) is 0.213. The number of nitrogens with zero attached hydrogens (tertiary/aromatic N) is 2. The Hall–Kier alpha value is -4.69. The van der Waals surface area contributed by atoms with E-state index in [0.29, 0.717) is 11.5 Å². The van der Waals surface area contributed by atoms with Gasteiger partial charge in [0.25, 0.3) is 5.56 Å². The van der Waals surface area contributed by atoms with Crippen LogP contribution in [0.3, 0.4) is 0 Å². The van der Waals surface area contributed by atoms with E-state index in [4.69, 9.17) is 18.9 Å². The van der Waals surface area contributed by atoms with Crippen molar-refractivity contribution in [3.63, 3.8) is 0 Å². The monoisotopic (exact) mass is 569 g/mol. The molecule has 0 unspecified atom stereocenters. The van der Waals surface area contributed by atoms with Gasteiger partial charge in [-0.3, -0.25) is 14.3 Å². The van der Waals surface area contributed by atoms with Crippen LogP contribution in [0.25, 0.3) is 0 Å². The van der Waals surface area contributed by atoms with Crippen molar-refractivity contribution in [3.05, 3.63) is 128 Å². The Kier molecular flexibility index (Phi) is 8.27. The van der Waals surface area contributed by atoms with Crippen molar-refractivity contribution in [1.82, 2.24) is 9.55 Å². The lowest BCUT2D eigenvalue weighted by atomic mass is 9.80. The number of nitrogens with one attached hydrogen (secondary N) is 1. The first kappa shape index (κ1) is 28.8. The summed E-state index contributed by atoms with van der Waals surface area (Å²) in [6.07, 6.45) is -2.05. The summed E-state index contributed by atoms with van der Waals surface area (Å²) in [6, 6.07) is 26.7. The second-order valence-electron chi connectivity index (χ2n) is 10.0. The Labute approximate surface area is 242 Å². The van der Waals surface area contributed by atoms with Crippen molar-refractivity contribution in [2.24, 2.45) is 5.92 Å². The van der Waals surface area contributed by atoms with Crippen molar-refractivity contribution < 1.29 is 24.1 Å². The predicted octanol–water partition coefficient (Wildman–Crippen LogP) is 3.27. The van der Waals surface area contributed by atoms with Crippen LogP contribution in [0.1, 0.15) is 28.5 Å². The third-order valence-corrected chi connectivity index (χ3v) is 7.58. The van der Waals surface area contributed by atoms with Crippen LogP contribution < -0.4 is 20.7 Å². The molecule has 0 amide bonds. The molecular weight excluding hydrogens is 538 g/mol. The number of rotatable bonds is 9. The summed E-state index contributed by atoms with van der Waals surface area (Å²) in [4.78, 5) is 26.8. The molecule has 1 aliphatic heterocycles. The van der Waals surface area contributed by atoms with Crippen molar-refractivity contribution in [1.29, 1.82) is 5.26 Å². The average molecular weight is 570 g/mol. The topological polar surface area (TPSA) is 136 Å². The summed E-state index contributed by atoms with van der Waals surface area (Å²) < 4.78 is 24.8. The van der Waals surface area contributed by atoms with Crippen molar-refractivity contribution in [3.8, 4) is 17.6 Å². The summed E-state index contributed by atoms with van der Waals surface area (Å²) in [6.45, 7) is 1.40. The predicted molar refractivity (Wildman–Crippen MR) is 153 cm³/mol. The van der Waals surface area contributed by atoms with Gasteiger partial charge in [0.1, 0.15) is 35.2 Å². The first-order valence-electron chi connectivity index (χ1n) is 13.4. The van der Waals surface area contributed by atoms with Gasteiger partial charge in [-0.1, -0.05) is 54.6 Å². The molecule has 0 saturated carbocycles. The molecule has 10 heteroatoms. The van der Waals surface area contributed by atoms with Crippen LogP contribution in [-0.4, -0.2) is 47.7 Å². The fourth-order valence-electron chi connectivity index (χ4n) is 5.32. The maximum absolute atomic E-state index is 12.6. The molecule has 3 aromatic carbocycles. The number of hydrogen-bond donors (Lipinski definition) is 2. The first-order chi connectivity index (χ1) is 20.3. The Morgan fingerprint density at radius 2 is 1.48 bits per heavy atom. The molecule has 0 bridgehead atoms. The largest absolute Gasteiger partial charge is 0.497 e. The molecule has 0 aliphatic carbocycles. The molecule has 1 fully saturated rings. The Morgan fingerprint density at radius 3 is 2.00 bits per heavy atom. The zero-order valence-electron chi connectivity index (χ0n) is 23.4. The lowest BCUT2D eigenvalue weighted by Crippen LogP contribution is -2.38. The van der Waals surface area contributed by atoms with Crippen LogP contribution >= 0.6 is 0 Å². The zero-order chi connectivity index (χ0) is 29.9. The second kappa shape index (κ2) is 12.0. The number of aliphatic hydroxyl groups is 1. The standard InChI is InChI=1S/C32H31N3O7/c1-20-18-35(31(38)34-29(20)37)30-26(17-33)28(36)27(42-30)19-41-32(21-7-5-4-6-8-21,22-9-13-24(39-2)14-10-22)23-11-15-25(40-3)16-12-23/h4-16,18,26-28,30,36H,19H2,1-3H3,(H,34,37,38)/t26-,27+,28-,30+/m0/s1. The summed E-state index contributed by atoms with van der Waals surface area (Å²) in [5, 5.41) is 21.1. The van der Waals surface area contributed by atoms with E-state index >= 15 is 0 Å². The van der Waals surface area contributed by atoms with Gasteiger partial charge in [0, 0.05) is 11.8 Å².